The van der Waals surface area contributed by atoms with Crippen LogP contribution in [0.4, 0.5) is 4.79 Å². The molecule has 2 atom stereocenters. The van der Waals surface area contributed by atoms with Crippen molar-refractivity contribution in [2.45, 2.75) is 45.7 Å². The van der Waals surface area contributed by atoms with E-state index in [9.17, 15) is 9.59 Å². The van der Waals surface area contributed by atoms with Crippen molar-refractivity contribution in [3.8, 4) is 0 Å². The lowest BCUT2D eigenvalue weighted by Crippen LogP contribution is -2.56. The van der Waals surface area contributed by atoms with Gasteiger partial charge in [0.2, 0.25) is 0 Å². The number of rotatable bonds is 4. The Balaban J connectivity index is 1.61. The second-order valence-corrected chi connectivity index (χ2v) is 6.90. The molecule has 3 amide bonds. The summed E-state index contributed by atoms with van der Waals surface area (Å²) in [5.74, 6) is -0.0592. The molecule has 2 fully saturated rings. The van der Waals surface area contributed by atoms with Gasteiger partial charge in [0, 0.05) is 24.7 Å². The summed E-state index contributed by atoms with van der Waals surface area (Å²) in [6, 6.07) is 1.70. The minimum absolute atomic E-state index is 0.142. The normalized spacial score (nSPS) is 28.7. The lowest BCUT2D eigenvalue weighted by atomic mass is 9.80. The van der Waals surface area contributed by atoms with Gasteiger partial charge in [0.1, 0.15) is 5.54 Å². The van der Waals surface area contributed by atoms with Gasteiger partial charge < -0.3 is 10.2 Å². The van der Waals surface area contributed by atoms with Gasteiger partial charge in [-0.05, 0) is 46.2 Å². The molecule has 3 rings (SSSR count). The SMILES string of the molecule is Cc1cc(C)n(CCN2CCC[C@H]([C@@]3(C)NC(=O)NC3=O)C2)n1. The standard InChI is InChI=1S/C16H25N5O2/c1-11-9-12(2)21(19-11)8-7-20-6-4-5-13(10-20)16(3)14(22)17-15(23)18-16/h9,13H,4-8,10H2,1-3H3,(H2,17,18,22,23)/t13-,16+/m0/s1. The fourth-order valence-electron chi connectivity index (χ4n) is 3.71. The fourth-order valence-corrected chi connectivity index (χ4v) is 3.71. The van der Waals surface area contributed by atoms with E-state index in [1.807, 2.05) is 18.5 Å². The molecule has 1 aromatic heterocycles. The van der Waals surface area contributed by atoms with Crippen molar-refractivity contribution >= 4 is 11.9 Å². The molecule has 0 radical (unpaired) electrons. The first kappa shape index (κ1) is 16.0. The molecule has 1 aromatic rings. The van der Waals surface area contributed by atoms with Gasteiger partial charge in [-0.15, -0.1) is 0 Å². The third-order valence-corrected chi connectivity index (χ3v) is 5.13. The smallest absolute Gasteiger partial charge is 0.322 e. The molecule has 0 unspecified atom stereocenters. The third-order valence-electron chi connectivity index (χ3n) is 5.13. The van der Waals surface area contributed by atoms with Crippen LogP contribution in [0.1, 0.15) is 31.2 Å². The largest absolute Gasteiger partial charge is 0.323 e. The summed E-state index contributed by atoms with van der Waals surface area (Å²) in [5, 5.41) is 9.67. The van der Waals surface area contributed by atoms with E-state index in [0.29, 0.717) is 0 Å². The second-order valence-electron chi connectivity index (χ2n) is 6.90. The highest BCUT2D eigenvalue weighted by molar-refractivity contribution is 6.06. The van der Waals surface area contributed by atoms with E-state index in [-0.39, 0.29) is 17.9 Å². The Morgan fingerprint density at radius 3 is 2.74 bits per heavy atom. The van der Waals surface area contributed by atoms with E-state index >= 15 is 0 Å². The number of aryl methyl sites for hydroxylation is 2. The van der Waals surface area contributed by atoms with Crippen LogP contribution < -0.4 is 10.6 Å². The Hall–Kier alpha value is -1.89. The monoisotopic (exact) mass is 319 g/mol. The molecule has 0 bridgehead atoms. The fraction of sp³-hybridized carbons (Fsp3) is 0.688. The molecule has 2 saturated heterocycles. The van der Waals surface area contributed by atoms with Crippen molar-refractivity contribution in [2.24, 2.45) is 5.92 Å². The summed E-state index contributed by atoms with van der Waals surface area (Å²) in [5.41, 5.74) is 1.43. The van der Waals surface area contributed by atoms with Crippen molar-refractivity contribution < 1.29 is 9.59 Å². The number of hydrogen-bond donors (Lipinski definition) is 2. The number of nitrogens with zero attached hydrogens (tertiary/aromatic N) is 3. The van der Waals surface area contributed by atoms with E-state index in [2.05, 4.69) is 33.6 Å². The van der Waals surface area contributed by atoms with Gasteiger partial charge in [-0.2, -0.15) is 5.10 Å². The van der Waals surface area contributed by atoms with E-state index in [1.165, 1.54) is 5.69 Å². The first-order valence-corrected chi connectivity index (χ1v) is 8.25. The van der Waals surface area contributed by atoms with Gasteiger partial charge in [-0.1, -0.05) is 0 Å². The summed E-state index contributed by atoms with van der Waals surface area (Å²) < 4.78 is 2.03. The first-order chi connectivity index (χ1) is 10.9. The third kappa shape index (κ3) is 3.10. The molecule has 7 nitrogen and oxygen atoms in total. The number of imide groups is 1. The zero-order valence-electron chi connectivity index (χ0n) is 14.1. The summed E-state index contributed by atoms with van der Waals surface area (Å²) in [7, 11) is 0. The van der Waals surface area contributed by atoms with Crippen LogP contribution in [0.3, 0.4) is 0 Å². The number of nitrogens with one attached hydrogen (secondary N) is 2. The molecule has 2 aliphatic rings. The average Bonchev–Trinajstić information content (AvgIpc) is 2.96. The summed E-state index contributed by atoms with van der Waals surface area (Å²) in [6.07, 6.45) is 2.00. The Morgan fingerprint density at radius 1 is 1.35 bits per heavy atom. The van der Waals surface area contributed by atoms with Crippen LogP contribution in [0.2, 0.25) is 0 Å². The van der Waals surface area contributed by atoms with Gasteiger partial charge in [-0.25, -0.2) is 4.79 Å². The van der Waals surface area contributed by atoms with Gasteiger partial charge in [0.05, 0.1) is 12.2 Å². The number of piperidine rings is 1. The Bertz CT molecular complexity index is 626. The van der Waals surface area contributed by atoms with E-state index in [1.54, 1.807) is 0 Å². The first-order valence-electron chi connectivity index (χ1n) is 8.25. The van der Waals surface area contributed by atoms with Crippen molar-refractivity contribution in [3.63, 3.8) is 0 Å². The van der Waals surface area contributed by atoms with Gasteiger partial charge in [0.15, 0.2) is 0 Å². The maximum absolute atomic E-state index is 12.1. The molecular formula is C16H25N5O2. The second kappa shape index (κ2) is 5.96. The van der Waals surface area contributed by atoms with Crippen LogP contribution in [0.25, 0.3) is 0 Å². The van der Waals surface area contributed by atoms with Gasteiger partial charge in [0.25, 0.3) is 5.91 Å². The Labute approximate surface area is 136 Å². The van der Waals surface area contributed by atoms with Crippen LogP contribution in [-0.4, -0.2) is 51.8 Å². The molecular weight excluding hydrogens is 294 g/mol. The zero-order chi connectivity index (χ0) is 16.6. The van der Waals surface area contributed by atoms with Crippen LogP contribution in [0.5, 0.6) is 0 Å². The molecule has 3 heterocycles. The molecule has 0 aromatic carbocycles. The molecule has 7 heteroatoms. The average molecular weight is 319 g/mol. The molecule has 2 aliphatic heterocycles. The predicted molar refractivity (Wildman–Crippen MR) is 85.9 cm³/mol. The molecule has 126 valence electrons. The highest BCUT2D eigenvalue weighted by Gasteiger charge is 2.48. The highest BCUT2D eigenvalue weighted by atomic mass is 16.2. The van der Waals surface area contributed by atoms with E-state index in [4.69, 9.17) is 0 Å². The number of hydrogen-bond acceptors (Lipinski definition) is 4. The van der Waals surface area contributed by atoms with Gasteiger partial charge >= 0.3 is 6.03 Å². The van der Waals surface area contributed by atoms with Crippen molar-refractivity contribution in [1.82, 2.24) is 25.3 Å². The lowest BCUT2D eigenvalue weighted by molar-refractivity contribution is -0.126. The number of urea groups is 1. The van der Waals surface area contributed by atoms with E-state index < -0.39 is 5.54 Å². The van der Waals surface area contributed by atoms with E-state index in [0.717, 1.165) is 44.7 Å². The number of carbonyl (C=O) groups is 2. The summed E-state index contributed by atoms with van der Waals surface area (Å²) in [4.78, 5) is 26.0. The topological polar surface area (TPSA) is 79.3 Å². The number of amides is 3. The molecule has 23 heavy (non-hydrogen) atoms. The van der Waals surface area contributed by atoms with Crippen LogP contribution in [-0.2, 0) is 11.3 Å². The quantitative estimate of drug-likeness (QED) is 0.805. The lowest BCUT2D eigenvalue weighted by Gasteiger charge is -2.39. The van der Waals surface area contributed by atoms with Crippen molar-refractivity contribution in [2.75, 3.05) is 19.6 Å². The summed E-state index contributed by atoms with van der Waals surface area (Å²) in [6.45, 7) is 9.51. The minimum Gasteiger partial charge on any atom is -0.323 e. The Morgan fingerprint density at radius 2 is 2.13 bits per heavy atom. The maximum Gasteiger partial charge on any atom is 0.322 e. The number of aromatic nitrogens is 2. The Kier molecular flexibility index (Phi) is 4.14. The summed E-state index contributed by atoms with van der Waals surface area (Å²) >= 11 is 0. The van der Waals surface area contributed by atoms with Crippen molar-refractivity contribution in [1.29, 1.82) is 0 Å². The molecule has 0 spiro atoms. The molecule has 2 N–H and O–H groups in total. The number of likely N-dealkylation sites (tertiary alicyclic amines) is 1. The van der Waals surface area contributed by atoms with Gasteiger partial charge in [-0.3, -0.25) is 14.8 Å². The van der Waals surface area contributed by atoms with Crippen LogP contribution in [0, 0.1) is 19.8 Å². The highest BCUT2D eigenvalue weighted by Crippen LogP contribution is 2.29. The van der Waals surface area contributed by atoms with Crippen molar-refractivity contribution in [3.05, 3.63) is 17.5 Å². The molecule has 0 saturated carbocycles. The minimum atomic E-state index is -0.784. The van der Waals surface area contributed by atoms with Crippen LogP contribution >= 0.6 is 0 Å². The molecule has 0 aliphatic carbocycles. The number of carbonyl (C=O) groups excluding carboxylic acids is 2. The predicted octanol–water partition coefficient (Wildman–Crippen LogP) is 0.810. The van der Waals surface area contributed by atoms with Crippen LogP contribution in [0.15, 0.2) is 6.07 Å². The zero-order valence-corrected chi connectivity index (χ0v) is 14.1. The maximum atomic E-state index is 12.1.